The molecule has 0 saturated carbocycles. The molecule has 0 radical (unpaired) electrons. The van der Waals surface area contributed by atoms with Crippen molar-refractivity contribution in [1.82, 2.24) is 9.38 Å². The number of aliphatic imine (C=N–C) groups is 1. The first-order valence-electron chi connectivity index (χ1n) is 8.27. The molecule has 0 bridgehead atoms. The summed E-state index contributed by atoms with van der Waals surface area (Å²) < 4.78 is 61.1. The molecule has 0 spiro atoms. The molecule has 0 saturated heterocycles. The summed E-state index contributed by atoms with van der Waals surface area (Å²) in [4.78, 5) is 9.43. The molecule has 1 aromatic carbocycles. The van der Waals surface area contributed by atoms with Crippen LogP contribution in [0.15, 0.2) is 53.8 Å². The number of ether oxygens (including phenoxy) is 1. The van der Waals surface area contributed by atoms with E-state index in [0.717, 1.165) is 0 Å². The molecule has 4 rings (SSSR count). The Bertz CT molecular complexity index is 1080. The molecule has 0 unspecified atom stereocenters. The minimum atomic E-state index is -4.68. The van der Waals surface area contributed by atoms with Crippen LogP contribution < -0.4 is 9.64 Å². The lowest BCUT2D eigenvalue weighted by molar-refractivity contribution is -0.141. The largest absolute Gasteiger partial charge is 0.495 e. The SMILES string of the molecule is COc1ccc2nc(C(F)(F)F)c(C3=CN=CCN3c3ccc(F)cc3)n2c1. The highest BCUT2D eigenvalue weighted by Gasteiger charge is 2.40. The van der Waals surface area contributed by atoms with Gasteiger partial charge in [0.1, 0.15) is 22.9 Å². The molecule has 2 aromatic heterocycles. The molecule has 144 valence electrons. The van der Waals surface area contributed by atoms with Crippen molar-refractivity contribution in [2.75, 3.05) is 18.6 Å². The standard InChI is InChI=1S/C19H14F4N4O/c1-28-14-6-7-16-25-18(19(21,22)23)17(27(16)11-14)15-10-24-8-9-26(15)13-4-2-12(20)3-5-13/h2-8,10-11H,9H2,1H3. The minimum Gasteiger partial charge on any atom is -0.495 e. The number of alkyl halides is 3. The van der Waals surface area contributed by atoms with E-state index in [9.17, 15) is 17.6 Å². The Hall–Kier alpha value is -3.36. The van der Waals surface area contributed by atoms with E-state index in [1.54, 1.807) is 11.1 Å². The van der Waals surface area contributed by atoms with Gasteiger partial charge in [0.15, 0.2) is 5.69 Å². The highest BCUT2D eigenvalue weighted by atomic mass is 19.4. The van der Waals surface area contributed by atoms with Crippen LogP contribution in [-0.2, 0) is 6.18 Å². The molecular weight excluding hydrogens is 376 g/mol. The first-order valence-corrected chi connectivity index (χ1v) is 8.27. The van der Waals surface area contributed by atoms with Crippen LogP contribution in [0.25, 0.3) is 11.3 Å². The molecule has 9 heteroatoms. The number of hydrogen-bond acceptors (Lipinski definition) is 4. The second kappa shape index (κ2) is 6.66. The van der Waals surface area contributed by atoms with Crippen LogP contribution in [0.5, 0.6) is 5.75 Å². The van der Waals surface area contributed by atoms with Crippen LogP contribution >= 0.6 is 0 Å². The summed E-state index contributed by atoms with van der Waals surface area (Å²) in [6.07, 6.45) is -0.338. The summed E-state index contributed by atoms with van der Waals surface area (Å²) in [5.74, 6) is -0.0522. The third-order valence-corrected chi connectivity index (χ3v) is 4.33. The fourth-order valence-corrected chi connectivity index (χ4v) is 3.06. The third kappa shape index (κ3) is 3.08. The smallest absolute Gasteiger partial charge is 0.435 e. The van der Waals surface area contributed by atoms with Crippen LogP contribution in [0.4, 0.5) is 23.2 Å². The Kier molecular flexibility index (Phi) is 4.29. The number of halogens is 4. The summed E-state index contributed by atoms with van der Waals surface area (Å²) in [6.45, 7) is 0.228. The average molecular weight is 390 g/mol. The maximum absolute atomic E-state index is 13.8. The molecule has 3 heterocycles. The Morgan fingerprint density at radius 3 is 2.50 bits per heavy atom. The number of pyridine rings is 1. The monoisotopic (exact) mass is 390 g/mol. The molecule has 28 heavy (non-hydrogen) atoms. The highest BCUT2D eigenvalue weighted by molar-refractivity contribution is 5.87. The first-order chi connectivity index (χ1) is 13.4. The van der Waals surface area contributed by atoms with Gasteiger partial charge >= 0.3 is 6.18 Å². The molecule has 5 nitrogen and oxygen atoms in total. The van der Waals surface area contributed by atoms with E-state index in [0.29, 0.717) is 11.4 Å². The fourth-order valence-electron chi connectivity index (χ4n) is 3.06. The minimum absolute atomic E-state index is 0.123. The van der Waals surface area contributed by atoms with Gasteiger partial charge in [0, 0.05) is 11.9 Å². The zero-order valence-corrected chi connectivity index (χ0v) is 14.6. The number of fused-ring (bicyclic) bond motifs is 1. The zero-order chi connectivity index (χ0) is 19.9. The Morgan fingerprint density at radius 1 is 1.07 bits per heavy atom. The van der Waals surface area contributed by atoms with E-state index >= 15 is 0 Å². The quantitative estimate of drug-likeness (QED) is 0.623. The van der Waals surface area contributed by atoms with Crippen molar-refractivity contribution in [2.45, 2.75) is 6.18 Å². The Labute approximate surface area is 157 Å². The van der Waals surface area contributed by atoms with E-state index in [1.165, 1.54) is 60.3 Å². The molecule has 3 aromatic rings. The second-order valence-corrected chi connectivity index (χ2v) is 6.04. The van der Waals surface area contributed by atoms with E-state index in [4.69, 9.17) is 4.74 Å². The van der Waals surface area contributed by atoms with Crippen LogP contribution in [0.1, 0.15) is 11.4 Å². The molecule has 0 fully saturated rings. The normalized spacial score (nSPS) is 14.5. The lowest BCUT2D eigenvalue weighted by Gasteiger charge is -2.28. The molecule has 0 amide bonds. The van der Waals surface area contributed by atoms with E-state index < -0.39 is 17.7 Å². The molecule has 0 atom stereocenters. The predicted octanol–water partition coefficient (Wildman–Crippen LogP) is 4.39. The van der Waals surface area contributed by atoms with Gasteiger partial charge in [0.25, 0.3) is 0 Å². The number of methoxy groups -OCH3 is 1. The number of imidazole rings is 1. The second-order valence-electron chi connectivity index (χ2n) is 6.04. The summed E-state index contributed by atoms with van der Waals surface area (Å²) in [5.41, 5.74) is -0.344. The summed E-state index contributed by atoms with van der Waals surface area (Å²) in [6, 6.07) is 8.49. The van der Waals surface area contributed by atoms with Gasteiger partial charge < -0.3 is 9.64 Å². The molecular formula is C19H14F4N4O. The first kappa shape index (κ1) is 18.0. The lowest BCUT2D eigenvalue weighted by Crippen LogP contribution is -2.28. The van der Waals surface area contributed by atoms with Crippen LogP contribution in [0, 0.1) is 5.82 Å². The van der Waals surface area contributed by atoms with E-state index in [2.05, 4.69) is 9.98 Å². The van der Waals surface area contributed by atoms with Crippen molar-refractivity contribution in [3.63, 3.8) is 0 Å². The van der Waals surface area contributed by atoms with Gasteiger partial charge in [-0.3, -0.25) is 9.39 Å². The summed E-state index contributed by atoms with van der Waals surface area (Å²) in [7, 11) is 1.43. The van der Waals surface area contributed by atoms with Gasteiger partial charge in [0.05, 0.1) is 31.7 Å². The molecule has 0 N–H and O–H groups in total. The van der Waals surface area contributed by atoms with Gasteiger partial charge in [-0.1, -0.05) is 0 Å². The lowest BCUT2D eigenvalue weighted by atomic mass is 10.1. The van der Waals surface area contributed by atoms with Crippen LogP contribution in [-0.4, -0.2) is 29.3 Å². The number of hydrogen-bond donors (Lipinski definition) is 0. The molecule has 1 aliphatic rings. The number of nitrogens with zero attached hydrogens (tertiary/aromatic N) is 4. The number of benzene rings is 1. The maximum Gasteiger partial charge on any atom is 0.435 e. The molecule has 1 aliphatic heterocycles. The maximum atomic E-state index is 13.8. The predicted molar refractivity (Wildman–Crippen MR) is 97.0 cm³/mol. The van der Waals surface area contributed by atoms with Gasteiger partial charge in [-0.25, -0.2) is 9.37 Å². The van der Waals surface area contributed by atoms with Crippen LogP contribution in [0.3, 0.4) is 0 Å². The van der Waals surface area contributed by atoms with Crippen LogP contribution in [0.2, 0.25) is 0 Å². The van der Waals surface area contributed by atoms with Crippen molar-refractivity contribution < 1.29 is 22.3 Å². The number of anilines is 1. The highest BCUT2D eigenvalue weighted by Crippen LogP contribution is 2.38. The van der Waals surface area contributed by atoms with E-state index in [1.807, 2.05) is 0 Å². The fraction of sp³-hybridized carbons (Fsp3) is 0.158. The van der Waals surface area contributed by atoms with Crippen molar-refractivity contribution in [3.8, 4) is 5.75 Å². The third-order valence-electron chi connectivity index (χ3n) is 4.33. The van der Waals surface area contributed by atoms with Gasteiger partial charge in [-0.2, -0.15) is 13.2 Å². The van der Waals surface area contributed by atoms with E-state index in [-0.39, 0.29) is 23.6 Å². The van der Waals surface area contributed by atoms with Gasteiger partial charge in [0.2, 0.25) is 0 Å². The topological polar surface area (TPSA) is 42.1 Å². The average Bonchev–Trinajstić information content (AvgIpc) is 3.07. The summed E-state index contributed by atoms with van der Waals surface area (Å²) in [5, 5.41) is 0. The Balaban J connectivity index is 1.95. The zero-order valence-electron chi connectivity index (χ0n) is 14.6. The van der Waals surface area contributed by atoms with Crippen molar-refractivity contribution in [3.05, 3.63) is 66.0 Å². The van der Waals surface area contributed by atoms with Gasteiger partial charge in [-0.05, 0) is 36.4 Å². The van der Waals surface area contributed by atoms with Crippen molar-refractivity contribution >= 4 is 23.2 Å². The van der Waals surface area contributed by atoms with Gasteiger partial charge in [-0.15, -0.1) is 0 Å². The molecule has 0 aliphatic carbocycles. The van der Waals surface area contributed by atoms with Crippen molar-refractivity contribution in [2.24, 2.45) is 4.99 Å². The Morgan fingerprint density at radius 2 is 1.82 bits per heavy atom. The number of aromatic nitrogens is 2. The summed E-state index contributed by atoms with van der Waals surface area (Å²) >= 11 is 0. The number of rotatable bonds is 3. The van der Waals surface area contributed by atoms with Crippen molar-refractivity contribution in [1.29, 1.82) is 0 Å².